The number of hydrogen-bond acceptors (Lipinski definition) is 0. The first-order valence-corrected chi connectivity index (χ1v) is 4.84. The Balaban J connectivity index is -0.0000000960. The van der Waals surface area contributed by atoms with Crippen LogP contribution in [-0.4, -0.2) is 4.57 Å². The van der Waals surface area contributed by atoms with Crippen molar-refractivity contribution in [1.29, 1.82) is 0 Å². The van der Waals surface area contributed by atoms with Crippen LogP contribution in [0.2, 0.25) is 0 Å². The summed E-state index contributed by atoms with van der Waals surface area (Å²) in [7, 11) is 2.06. The van der Waals surface area contributed by atoms with Crippen LogP contribution in [0.25, 0.3) is 0 Å². The van der Waals surface area contributed by atoms with E-state index >= 15 is 0 Å². The minimum absolute atomic E-state index is 0. The maximum Gasteiger partial charge on any atom is 3.00 e. The zero-order chi connectivity index (χ0) is 8.81. The molecule has 0 amide bonds. The predicted octanol–water partition coefficient (Wildman–Crippen LogP) is -10.1. The van der Waals surface area contributed by atoms with Crippen molar-refractivity contribution in [2.24, 2.45) is 7.05 Å². The molecule has 0 aliphatic heterocycles. The second-order valence-corrected chi connectivity index (χ2v) is 3.38. The summed E-state index contributed by atoms with van der Waals surface area (Å²) >= 11 is 0. The molecule has 0 saturated carbocycles. The van der Waals surface area contributed by atoms with Crippen LogP contribution in [0.4, 0.5) is 0 Å². The summed E-state index contributed by atoms with van der Waals surface area (Å²) in [5.74, 6) is 0. The van der Waals surface area contributed by atoms with Crippen LogP contribution >= 0.6 is 0 Å². The molecular formula is C10H19Br4FeN2. The van der Waals surface area contributed by atoms with Gasteiger partial charge in [-0.1, -0.05) is 19.8 Å². The first-order chi connectivity index (χ1) is 5.83. The SMILES string of the molecule is CCCCCCn1cc[n+](C)c1.[Br-].[Br-].[Br-].[Br-].[Fe+3]. The Hall–Kier alpha value is 1.65. The molecule has 0 N–H and O–H groups in total. The third-order valence-electron chi connectivity index (χ3n) is 2.09. The van der Waals surface area contributed by atoms with Crippen molar-refractivity contribution in [2.75, 3.05) is 0 Å². The zero-order valence-corrected chi connectivity index (χ0v) is 17.5. The number of nitrogens with zero attached hydrogens (tertiary/aromatic N) is 2. The summed E-state index contributed by atoms with van der Waals surface area (Å²) in [6.07, 6.45) is 11.7. The number of aryl methyl sites for hydroxylation is 2. The van der Waals surface area contributed by atoms with Gasteiger partial charge in [-0.05, 0) is 12.8 Å². The summed E-state index contributed by atoms with van der Waals surface area (Å²) in [6, 6.07) is 0. The van der Waals surface area contributed by atoms with Gasteiger partial charge in [0.15, 0.2) is 0 Å². The molecule has 0 saturated heterocycles. The van der Waals surface area contributed by atoms with Crippen LogP contribution in [0.3, 0.4) is 0 Å². The van der Waals surface area contributed by atoms with Crippen LogP contribution < -0.4 is 72.5 Å². The van der Waals surface area contributed by atoms with Gasteiger partial charge in [-0.2, -0.15) is 0 Å². The molecule has 2 nitrogen and oxygen atoms in total. The van der Waals surface area contributed by atoms with E-state index in [1.54, 1.807) is 0 Å². The number of halogens is 4. The van der Waals surface area contributed by atoms with Gasteiger partial charge in [0.25, 0.3) is 0 Å². The Labute approximate surface area is 157 Å². The van der Waals surface area contributed by atoms with E-state index in [4.69, 9.17) is 0 Å². The Bertz CT molecular complexity index is 234. The molecule has 1 heterocycles. The quantitative estimate of drug-likeness (QED) is 0.199. The maximum atomic E-state index is 2.25. The summed E-state index contributed by atoms with van der Waals surface area (Å²) < 4.78 is 4.33. The minimum Gasteiger partial charge on any atom is -1.00 e. The van der Waals surface area contributed by atoms with Gasteiger partial charge in [-0.15, -0.1) is 0 Å². The first-order valence-electron chi connectivity index (χ1n) is 4.84. The van der Waals surface area contributed by atoms with Crippen molar-refractivity contribution in [3.63, 3.8) is 0 Å². The van der Waals surface area contributed by atoms with E-state index in [2.05, 4.69) is 41.8 Å². The van der Waals surface area contributed by atoms with E-state index < -0.39 is 0 Å². The number of aromatic nitrogens is 2. The van der Waals surface area contributed by atoms with E-state index in [1.165, 1.54) is 32.2 Å². The van der Waals surface area contributed by atoms with E-state index in [9.17, 15) is 0 Å². The smallest absolute Gasteiger partial charge is 1.00 e. The van der Waals surface area contributed by atoms with Crippen LogP contribution in [0.15, 0.2) is 18.7 Å². The fraction of sp³-hybridized carbons (Fsp3) is 0.700. The Morgan fingerprint density at radius 3 is 2.00 bits per heavy atom. The Morgan fingerprint density at radius 2 is 1.59 bits per heavy atom. The van der Waals surface area contributed by atoms with Crippen LogP contribution in [-0.2, 0) is 30.7 Å². The molecule has 1 aromatic heterocycles. The van der Waals surface area contributed by atoms with Crippen molar-refractivity contribution >= 4 is 0 Å². The van der Waals surface area contributed by atoms with Crippen LogP contribution in [0.1, 0.15) is 32.6 Å². The van der Waals surface area contributed by atoms with E-state index in [1.807, 2.05) is 0 Å². The largest absolute Gasteiger partial charge is 3.00 e. The summed E-state index contributed by atoms with van der Waals surface area (Å²) in [6.45, 7) is 3.41. The van der Waals surface area contributed by atoms with Gasteiger partial charge in [0, 0.05) is 0 Å². The summed E-state index contributed by atoms with van der Waals surface area (Å²) in [5, 5.41) is 0. The van der Waals surface area contributed by atoms with Crippen molar-refractivity contribution in [3.8, 4) is 0 Å². The van der Waals surface area contributed by atoms with Crippen molar-refractivity contribution in [3.05, 3.63) is 18.7 Å². The average molecular weight is 543 g/mol. The van der Waals surface area contributed by atoms with Crippen LogP contribution in [0, 0.1) is 0 Å². The first kappa shape index (κ1) is 31.2. The molecule has 0 bridgehead atoms. The molecule has 0 aliphatic carbocycles. The average Bonchev–Trinajstić information content (AvgIpc) is 2.45. The van der Waals surface area contributed by atoms with Gasteiger partial charge < -0.3 is 67.9 Å². The normalized spacial score (nSPS) is 7.41. The van der Waals surface area contributed by atoms with Crippen molar-refractivity contribution in [2.45, 2.75) is 39.2 Å². The molecule has 0 fully saturated rings. The fourth-order valence-corrected chi connectivity index (χ4v) is 1.36. The van der Waals surface area contributed by atoms with Crippen molar-refractivity contribution < 1.29 is 89.6 Å². The topological polar surface area (TPSA) is 8.81 Å². The number of unbranched alkanes of at least 4 members (excludes halogenated alkanes) is 3. The molecule has 105 valence electrons. The molecule has 0 unspecified atom stereocenters. The van der Waals surface area contributed by atoms with Crippen molar-refractivity contribution in [1.82, 2.24) is 4.57 Å². The molecule has 1 aromatic rings. The van der Waals surface area contributed by atoms with Gasteiger partial charge in [0.05, 0.1) is 13.6 Å². The summed E-state index contributed by atoms with van der Waals surface area (Å²) in [4.78, 5) is 0. The van der Waals surface area contributed by atoms with Gasteiger partial charge in [-0.3, -0.25) is 0 Å². The molecule has 1 radical (unpaired) electrons. The second-order valence-electron chi connectivity index (χ2n) is 3.38. The molecule has 1 rings (SSSR count). The van der Waals surface area contributed by atoms with Gasteiger partial charge in [0.1, 0.15) is 12.4 Å². The third kappa shape index (κ3) is 15.6. The van der Waals surface area contributed by atoms with E-state index in [-0.39, 0.29) is 85.0 Å². The van der Waals surface area contributed by atoms with Gasteiger partial charge in [-0.25, -0.2) is 9.13 Å². The predicted molar refractivity (Wildman–Crippen MR) is 49.8 cm³/mol. The van der Waals surface area contributed by atoms with E-state index in [0.717, 1.165) is 0 Å². The zero-order valence-electron chi connectivity index (χ0n) is 10.0. The van der Waals surface area contributed by atoms with E-state index in [0.29, 0.717) is 0 Å². The summed E-state index contributed by atoms with van der Waals surface area (Å²) in [5.41, 5.74) is 0. The molecule has 7 heteroatoms. The minimum atomic E-state index is 0. The van der Waals surface area contributed by atoms with Gasteiger partial charge >= 0.3 is 17.1 Å². The van der Waals surface area contributed by atoms with Gasteiger partial charge in [0.2, 0.25) is 6.33 Å². The standard InChI is InChI=1S/C10H19N2.4BrH.Fe/c1-3-4-5-6-7-12-9-8-11(2)10-12;;;;;/h8-10H,3-7H2,1-2H3;4*1H;/q+1;;;;;+3/p-4. The molecule has 0 aliphatic rings. The molecule has 17 heavy (non-hydrogen) atoms. The van der Waals surface area contributed by atoms with Crippen LogP contribution in [0.5, 0.6) is 0 Å². The monoisotopic (exact) mass is 539 g/mol. The molecule has 0 atom stereocenters. The maximum absolute atomic E-state index is 2.25. The Kier molecular flexibility index (Phi) is 36.6. The second kappa shape index (κ2) is 20.0. The Morgan fingerprint density at radius 1 is 1.00 bits per heavy atom. The number of hydrogen-bond donors (Lipinski definition) is 0. The molecular weight excluding hydrogens is 524 g/mol. The third-order valence-corrected chi connectivity index (χ3v) is 2.09. The number of rotatable bonds is 5. The molecule has 0 spiro atoms. The number of imidazole rings is 1. The molecule has 0 aromatic carbocycles. The fourth-order valence-electron chi connectivity index (χ4n) is 1.36.